The molecule has 0 N–H and O–H groups in total. The highest BCUT2D eigenvalue weighted by Gasteiger charge is 2.36. The van der Waals surface area contributed by atoms with Gasteiger partial charge in [0, 0.05) is 60.2 Å². The first-order valence-electron chi connectivity index (χ1n) is 12.2. The van der Waals surface area contributed by atoms with Gasteiger partial charge in [-0.2, -0.15) is 0 Å². The zero-order valence-electron chi connectivity index (χ0n) is 19.8. The molecule has 174 valence electrons. The molecular weight excluding hydrogens is 414 g/mol. The number of hydrogen-bond donors (Lipinski definition) is 0. The van der Waals surface area contributed by atoms with Crippen molar-refractivity contribution < 1.29 is 14.3 Å². The van der Waals surface area contributed by atoms with Gasteiger partial charge in [-0.3, -0.25) is 9.88 Å². The van der Waals surface area contributed by atoms with E-state index in [1.807, 2.05) is 19.9 Å². The van der Waals surface area contributed by atoms with Crippen LogP contribution in [0.5, 0.6) is 0 Å². The maximum atomic E-state index is 12.7. The van der Waals surface area contributed by atoms with E-state index in [0.717, 1.165) is 18.5 Å². The lowest BCUT2D eigenvalue weighted by Gasteiger charge is -2.31. The number of pyridine rings is 1. The molecule has 2 aromatic heterocycles. The number of aromatic nitrogens is 2. The first kappa shape index (κ1) is 22.1. The van der Waals surface area contributed by atoms with Crippen LogP contribution in [0.15, 0.2) is 36.7 Å². The summed E-state index contributed by atoms with van der Waals surface area (Å²) in [6.07, 6.45) is 6.60. The molecule has 5 rings (SSSR count). The van der Waals surface area contributed by atoms with Gasteiger partial charge in [0.05, 0.1) is 18.7 Å². The first-order chi connectivity index (χ1) is 16.1. The van der Waals surface area contributed by atoms with Crippen molar-refractivity contribution in [3.63, 3.8) is 0 Å². The Balaban J connectivity index is 1.61. The topological polar surface area (TPSA) is 56.6 Å². The van der Waals surface area contributed by atoms with E-state index in [2.05, 4.69) is 39.6 Å². The van der Waals surface area contributed by atoms with Gasteiger partial charge in [-0.05, 0) is 63.9 Å². The standard InChI is InChI=1S/C27H33N3O3/c1-4-32-25(19-10-12-28-16-21(19)27(31)33-5-2)17-30-22-9-8-18(3)15-20(22)26-23-7-6-13-29(23)14-11-24(26)30/h8-10,12,15-16,23,25H,4-7,11,13-14,17H2,1-3H3. The predicted molar refractivity (Wildman–Crippen MR) is 128 cm³/mol. The van der Waals surface area contributed by atoms with Gasteiger partial charge in [0.15, 0.2) is 0 Å². The van der Waals surface area contributed by atoms with Crippen molar-refractivity contribution in [2.75, 3.05) is 26.3 Å². The summed E-state index contributed by atoms with van der Waals surface area (Å²) in [5, 5.41) is 1.37. The predicted octanol–water partition coefficient (Wildman–Crippen LogP) is 4.99. The van der Waals surface area contributed by atoms with E-state index < -0.39 is 0 Å². The van der Waals surface area contributed by atoms with Crippen molar-refractivity contribution in [2.24, 2.45) is 0 Å². The molecule has 0 radical (unpaired) electrons. The van der Waals surface area contributed by atoms with Crippen LogP contribution in [-0.2, 0) is 22.4 Å². The molecule has 6 heteroatoms. The molecule has 33 heavy (non-hydrogen) atoms. The van der Waals surface area contributed by atoms with Gasteiger partial charge in [-0.1, -0.05) is 11.6 Å². The maximum absolute atomic E-state index is 12.7. The molecular formula is C27H33N3O3. The van der Waals surface area contributed by atoms with Crippen LogP contribution >= 0.6 is 0 Å². The molecule has 2 aliphatic heterocycles. The Labute approximate surface area is 195 Å². The second-order valence-electron chi connectivity index (χ2n) is 9.06. The SMILES string of the molecule is CCOC(=O)c1cnccc1C(Cn1c2c(c3cc(C)ccc31)C1CCCN1CC2)OCC. The summed E-state index contributed by atoms with van der Waals surface area (Å²) in [6.45, 7) is 9.85. The molecule has 1 aromatic carbocycles. The van der Waals surface area contributed by atoms with Crippen molar-refractivity contribution in [1.29, 1.82) is 0 Å². The van der Waals surface area contributed by atoms with Gasteiger partial charge >= 0.3 is 5.97 Å². The third-order valence-corrected chi connectivity index (χ3v) is 7.12. The minimum Gasteiger partial charge on any atom is -0.462 e. The second-order valence-corrected chi connectivity index (χ2v) is 9.06. The summed E-state index contributed by atoms with van der Waals surface area (Å²) in [5.41, 5.74) is 6.81. The minimum atomic E-state index is -0.345. The number of fused-ring (bicyclic) bond motifs is 5. The molecule has 2 aliphatic rings. The van der Waals surface area contributed by atoms with E-state index >= 15 is 0 Å². The van der Waals surface area contributed by atoms with E-state index in [1.165, 1.54) is 47.1 Å². The average Bonchev–Trinajstić information content (AvgIpc) is 3.41. The molecule has 0 amide bonds. The molecule has 0 bridgehead atoms. The number of ether oxygens (including phenoxy) is 2. The monoisotopic (exact) mass is 447 g/mol. The highest BCUT2D eigenvalue weighted by Crippen LogP contribution is 2.44. The number of carbonyl (C=O) groups excluding carboxylic acids is 1. The number of carbonyl (C=O) groups is 1. The first-order valence-corrected chi connectivity index (χ1v) is 12.2. The largest absolute Gasteiger partial charge is 0.462 e. The number of aryl methyl sites for hydroxylation is 1. The highest BCUT2D eigenvalue weighted by molar-refractivity contribution is 5.91. The van der Waals surface area contributed by atoms with Crippen LogP contribution < -0.4 is 0 Å². The van der Waals surface area contributed by atoms with Crippen LogP contribution in [-0.4, -0.2) is 46.7 Å². The van der Waals surface area contributed by atoms with Crippen LogP contribution in [0, 0.1) is 6.92 Å². The van der Waals surface area contributed by atoms with E-state index in [-0.39, 0.29) is 12.1 Å². The van der Waals surface area contributed by atoms with E-state index in [9.17, 15) is 4.79 Å². The normalized spacial score (nSPS) is 18.8. The van der Waals surface area contributed by atoms with Crippen LogP contribution in [0.25, 0.3) is 10.9 Å². The molecule has 2 unspecified atom stereocenters. The molecule has 0 aliphatic carbocycles. The van der Waals surface area contributed by atoms with E-state index in [0.29, 0.717) is 31.4 Å². The molecule has 0 saturated carbocycles. The van der Waals surface area contributed by atoms with Gasteiger partial charge in [0.25, 0.3) is 0 Å². The summed E-state index contributed by atoms with van der Waals surface area (Å²) in [4.78, 5) is 19.5. The van der Waals surface area contributed by atoms with Crippen LogP contribution in [0.2, 0.25) is 0 Å². The zero-order valence-corrected chi connectivity index (χ0v) is 19.8. The number of esters is 1. The van der Waals surface area contributed by atoms with Crippen LogP contribution in [0.3, 0.4) is 0 Å². The smallest absolute Gasteiger partial charge is 0.340 e. The fourth-order valence-electron chi connectivity index (χ4n) is 5.74. The van der Waals surface area contributed by atoms with Crippen molar-refractivity contribution >= 4 is 16.9 Å². The Morgan fingerprint density at radius 2 is 2.09 bits per heavy atom. The summed E-state index contributed by atoms with van der Waals surface area (Å²) >= 11 is 0. The number of nitrogens with zero attached hydrogens (tertiary/aromatic N) is 3. The second kappa shape index (κ2) is 9.27. The molecule has 3 aromatic rings. The maximum Gasteiger partial charge on any atom is 0.340 e. The Bertz CT molecular complexity index is 1170. The van der Waals surface area contributed by atoms with Gasteiger partial charge < -0.3 is 14.0 Å². The van der Waals surface area contributed by atoms with Crippen molar-refractivity contribution in [3.05, 3.63) is 64.6 Å². The molecule has 6 nitrogen and oxygen atoms in total. The Hall–Kier alpha value is -2.70. The summed E-state index contributed by atoms with van der Waals surface area (Å²) in [7, 11) is 0. The summed E-state index contributed by atoms with van der Waals surface area (Å²) in [5.74, 6) is -0.345. The van der Waals surface area contributed by atoms with Crippen LogP contribution in [0.1, 0.15) is 71.6 Å². The zero-order chi connectivity index (χ0) is 22.9. The quantitative estimate of drug-likeness (QED) is 0.478. The number of rotatable bonds is 7. The highest BCUT2D eigenvalue weighted by atomic mass is 16.5. The van der Waals surface area contributed by atoms with E-state index in [4.69, 9.17) is 9.47 Å². The lowest BCUT2D eigenvalue weighted by atomic mass is 9.95. The summed E-state index contributed by atoms with van der Waals surface area (Å²) in [6, 6.07) is 9.21. The van der Waals surface area contributed by atoms with Crippen molar-refractivity contribution in [3.8, 4) is 0 Å². The van der Waals surface area contributed by atoms with Gasteiger partial charge in [0.2, 0.25) is 0 Å². The molecule has 1 saturated heterocycles. The minimum absolute atomic E-state index is 0.264. The number of hydrogen-bond acceptors (Lipinski definition) is 5. The Kier molecular flexibility index (Phi) is 6.21. The van der Waals surface area contributed by atoms with Gasteiger partial charge in [0.1, 0.15) is 6.10 Å². The molecule has 1 fully saturated rings. The Morgan fingerprint density at radius 1 is 1.21 bits per heavy atom. The lowest BCUT2D eigenvalue weighted by Crippen LogP contribution is -2.31. The lowest BCUT2D eigenvalue weighted by molar-refractivity contribution is 0.0426. The molecule has 2 atom stereocenters. The Morgan fingerprint density at radius 3 is 2.91 bits per heavy atom. The van der Waals surface area contributed by atoms with Crippen molar-refractivity contribution in [2.45, 2.75) is 58.7 Å². The van der Waals surface area contributed by atoms with Gasteiger partial charge in [-0.15, -0.1) is 0 Å². The van der Waals surface area contributed by atoms with E-state index in [1.54, 1.807) is 12.4 Å². The fraction of sp³-hybridized carbons (Fsp3) is 0.481. The van der Waals surface area contributed by atoms with Crippen molar-refractivity contribution in [1.82, 2.24) is 14.5 Å². The fourth-order valence-corrected chi connectivity index (χ4v) is 5.74. The summed E-state index contributed by atoms with van der Waals surface area (Å²) < 4.78 is 14.0. The molecule has 0 spiro atoms. The average molecular weight is 448 g/mol. The molecule has 4 heterocycles. The number of benzene rings is 1. The third kappa shape index (κ3) is 3.96. The van der Waals surface area contributed by atoms with Gasteiger partial charge in [-0.25, -0.2) is 4.79 Å². The van der Waals surface area contributed by atoms with Crippen LogP contribution in [0.4, 0.5) is 0 Å². The third-order valence-electron chi connectivity index (χ3n) is 7.12.